The number of fused-ring (bicyclic) bond motifs is 1. The van der Waals surface area contributed by atoms with E-state index in [-0.39, 0.29) is 0 Å². The fourth-order valence-electron chi connectivity index (χ4n) is 4.81. The highest BCUT2D eigenvalue weighted by atomic mass is 15.0. The maximum absolute atomic E-state index is 9.30. The predicted octanol–water partition coefficient (Wildman–Crippen LogP) is 8.42. The summed E-state index contributed by atoms with van der Waals surface area (Å²) in [5, 5.41) is 11.6. The molecule has 1 aromatic heterocycles. The maximum atomic E-state index is 9.30. The lowest BCUT2D eigenvalue weighted by Gasteiger charge is -2.13. The third-order valence-corrected chi connectivity index (χ3v) is 6.66. The van der Waals surface area contributed by atoms with Crippen LogP contribution in [0.3, 0.4) is 0 Å². The van der Waals surface area contributed by atoms with Crippen LogP contribution in [0.25, 0.3) is 60.6 Å². The third kappa shape index (κ3) is 4.62. The van der Waals surface area contributed by atoms with Gasteiger partial charge in [-0.15, -0.1) is 0 Å². The highest BCUT2D eigenvalue weighted by Crippen LogP contribution is 2.37. The molecule has 5 nitrogen and oxygen atoms in total. The molecule has 0 amide bonds. The van der Waals surface area contributed by atoms with Gasteiger partial charge in [-0.05, 0) is 58.1 Å². The minimum Gasteiger partial charge on any atom is -0.238 e. The van der Waals surface area contributed by atoms with E-state index >= 15 is 0 Å². The van der Waals surface area contributed by atoms with Gasteiger partial charge in [0.25, 0.3) is 0 Å². The van der Waals surface area contributed by atoms with Crippen molar-refractivity contribution in [1.29, 1.82) is 5.26 Å². The lowest BCUT2D eigenvalue weighted by atomic mass is 9.91. The van der Waals surface area contributed by atoms with Gasteiger partial charge in [-0.25, -0.2) is 19.8 Å². The highest BCUT2D eigenvalue weighted by molar-refractivity contribution is 6.05. The summed E-state index contributed by atoms with van der Waals surface area (Å²) >= 11 is 0. The second kappa shape index (κ2) is 10.0. The molecule has 5 heteroatoms. The van der Waals surface area contributed by atoms with Gasteiger partial charge < -0.3 is 0 Å². The van der Waals surface area contributed by atoms with Crippen molar-refractivity contribution in [2.45, 2.75) is 6.92 Å². The van der Waals surface area contributed by atoms with Crippen molar-refractivity contribution in [2.24, 2.45) is 0 Å². The fourth-order valence-corrected chi connectivity index (χ4v) is 4.81. The van der Waals surface area contributed by atoms with Crippen molar-refractivity contribution >= 4 is 16.5 Å². The SMILES string of the molecule is [C-]#[N+]c1ccc(-c2ccc(-c3cccc(-c4nc(C)nc(-c5cccc(C#N)c5)n4)c3)c3ccccc23)cc1. The number of rotatable bonds is 4. The predicted molar refractivity (Wildman–Crippen MR) is 155 cm³/mol. The number of nitriles is 1. The second-order valence-electron chi connectivity index (χ2n) is 9.17. The molecule has 0 fully saturated rings. The van der Waals surface area contributed by atoms with Crippen LogP contribution >= 0.6 is 0 Å². The van der Waals surface area contributed by atoms with Crippen molar-refractivity contribution in [1.82, 2.24) is 15.0 Å². The van der Waals surface area contributed by atoms with E-state index in [0.717, 1.165) is 44.2 Å². The summed E-state index contributed by atoms with van der Waals surface area (Å²) in [6.45, 7) is 9.09. The zero-order valence-electron chi connectivity index (χ0n) is 21.1. The summed E-state index contributed by atoms with van der Waals surface area (Å²) in [4.78, 5) is 17.4. The number of aromatic nitrogens is 3. The Morgan fingerprint density at radius 1 is 0.615 bits per heavy atom. The number of nitrogens with zero attached hydrogens (tertiary/aromatic N) is 5. The molecule has 0 saturated carbocycles. The van der Waals surface area contributed by atoms with E-state index < -0.39 is 0 Å². The highest BCUT2D eigenvalue weighted by Gasteiger charge is 2.13. The molecule has 39 heavy (non-hydrogen) atoms. The maximum Gasteiger partial charge on any atom is 0.187 e. The summed E-state index contributed by atoms with van der Waals surface area (Å²) in [5.74, 6) is 1.74. The van der Waals surface area contributed by atoms with E-state index in [4.69, 9.17) is 11.6 Å². The quantitative estimate of drug-likeness (QED) is 0.228. The molecule has 1 heterocycles. The van der Waals surface area contributed by atoms with Crippen LogP contribution in [0.2, 0.25) is 0 Å². The van der Waals surface area contributed by atoms with Crippen LogP contribution in [0.4, 0.5) is 5.69 Å². The van der Waals surface area contributed by atoms with Gasteiger partial charge in [0.2, 0.25) is 0 Å². The molecular formula is C34H21N5. The van der Waals surface area contributed by atoms with Crippen molar-refractivity contribution < 1.29 is 0 Å². The zero-order valence-corrected chi connectivity index (χ0v) is 21.1. The summed E-state index contributed by atoms with van der Waals surface area (Å²) in [6, 6.07) is 38.1. The Morgan fingerprint density at radius 3 is 1.85 bits per heavy atom. The van der Waals surface area contributed by atoms with Crippen molar-refractivity contribution in [3.63, 3.8) is 0 Å². The van der Waals surface area contributed by atoms with Crippen molar-refractivity contribution in [3.8, 4) is 51.1 Å². The first-order valence-corrected chi connectivity index (χ1v) is 12.5. The molecule has 0 saturated heterocycles. The van der Waals surface area contributed by atoms with E-state index in [1.54, 1.807) is 12.1 Å². The smallest absolute Gasteiger partial charge is 0.187 e. The van der Waals surface area contributed by atoms with Gasteiger partial charge in [-0.3, -0.25) is 0 Å². The van der Waals surface area contributed by atoms with Crippen LogP contribution in [0.5, 0.6) is 0 Å². The first kappa shape index (κ1) is 23.7. The normalized spacial score (nSPS) is 10.6. The minimum absolute atomic E-state index is 0.541. The average molecular weight is 500 g/mol. The van der Waals surface area contributed by atoms with Crippen LogP contribution in [0, 0.1) is 24.8 Å². The molecule has 0 spiro atoms. The van der Waals surface area contributed by atoms with Gasteiger partial charge in [-0.1, -0.05) is 91.0 Å². The first-order chi connectivity index (χ1) is 19.1. The topological polar surface area (TPSA) is 66.8 Å². The average Bonchev–Trinajstić information content (AvgIpc) is 3.00. The monoisotopic (exact) mass is 499 g/mol. The van der Waals surface area contributed by atoms with E-state index in [2.05, 4.69) is 69.4 Å². The molecule has 182 valence electrons. The van der Waals surface area contributed by atoms with Crippen LogP contribution in [-0.2, 0) is 0 Å². The summed E-state index contributed by atoms with van der Waals surface area (Å²) in [6.07, 6.45) is 0. The minimum atomic E-state index is 0.541. The second-order valence-corrected chi connectivity index (χ2v) is 9.17. The molecule has 0 aliphatic carbocycles. The van der Waals surface area contributed by atoms with Crippen molar-refractivity contribution in [3.05, 3.63) is 132 Å². The molecule has 6 rings (SSSR count). The van der Waals surface area contributed by atoms with Gasteiger partial charge >= 0.3 is 0 Å². The standard InChI is InChI=1S/C34H21N5/c1-22-37-33(26-9-5-7-23(19-26)21-35)39-34(38-22)27-10-6-8-25(20-27)30-18-17-29(31-11-3-4-12-32(30)31)24-13-15-28(36-2)16-14-24/h3-20H,1H3. The number of hydrogen-bond acceptors (Lipinski definition) is 4. The zero-order chi connectivity index (χ0) is 26.8. The van der Waals surface area contributed by atoms with Crippen LogP contribution in [0.1, 0.15) is 11.4 Å². The fraction of sp³-hybridized carbons (Fsp3) is 0.0294. The molecule has 0 aliphatic rings. The Kier molecular flexibility index (Phi) is 6.09. The Balaban J connectivity index is 1.44. The number of hydrogen-bond donors (Lipinski definition) is 0. The van der Waals surface area contributed by atoms with E-state index in [9.17, 15) is 5.26 Å². The van der Waals surface area contributed by atoms with Crippen LogP contribution in [-0.4, -0.2) is 15.0 Å². The first-order valence-electron chi connectivity index (χ1n) is 12.5. The molecule has 0 radical (unpaired) electrons. The Bertz CT molecular complexity index is 1940. The summed E-state index contributed by atoms with van der Waals surface area (Å²) in [5.41, 5.74) is 7.23. The van der Waals surface area contributed by atoms with E-state index in [1.807, 2.05) is 55.5 Å². The Labute approximate surface area is 226 Å². The molecule has 0 unspecified atom stereocenters. The number of benzene rings is 5. The molecule has 0 atom stereocenters. The van der Waals surface area contributed by atoms with Gasteiger partial charge in [0.15, 0.2) is 17.3 Å². The summed E-state index contributed by atoms with van der Waals surface area (Å²) < 4.78 is 0. The van der Waals surface area contributed by atoms with E-state index in [0.29, 0.717) is 28.7 Å². The van der Waals surface area contributed by atoms with Gasteiger partial charge in [0.1, 0.15) is 5.82 Å². The number of aryl methyl sites for hydroxylation is 1. The Morgan fingerprint density at radius 2 is 1.21 bits per heavy atom. The van der Waals surface area contributed by atoms with Crippen molar-refractivity contribution in [2.75, 3.05) is 0 Å². The molecule has 0 bridgehead atoms. The molecule has 0 N–H and O–H groups in total. The molecule has 5 aromatic carbocycles. The third-order valence-electron chi connectivity index (χ3n) is 6.66. The molecule has 6 aromatic rings. The van der Waals surface area contributed by atoms with Crippen LogP contribution in [0.15, 0.2) is 109 Å². The van der Waals surface area contributed by atoms with E-state index in [1.165, 1.54) is 0 Å². The molecule has 0 aliphatic heterocycles. The lowest BCUT2D eigenvalue weighted by molar-refractivity contribution is 0.992. The van der Waals surface area contributed by atoms with Crippen LogP contribution < -0.4 is 0 Å². The van der Waals surface area contributed by atoms with Gasteiger partial charge in [-0.2, -0.15) is 5.26 Å². The largest absolute Gasteiger partial charge is 0.238 e. The summed E-state index contributed by atoms with van der Waals surface area (Å²) in [7, 11) is 0. The van der Waals surface area contributed by atoms with Gasteiger partial charge in [0, 0.05) is 11.1 Å². The Hall–Kier alpha value is -5.65. The lowest BCUT2D eigenvalue weighted by Crippen LogP contribution is -2.00. The molecular weight excluding hydrogens is 478 g/mol. The van der Waals surface area contributed by atoms with Gasteiger partial charge in [0.05, 0.1) is 18.2 Å².